The Hall–Kier alpha value is -2.31. The Kier molecular flexibility index (Phi) is 7.78. The molecule has 0 aromatic heterocycles. The van der Waals surface area contributed by atoms with Gasteiger partial charge < -0.3 is 20.3 Å². The molecule has 1 aromatic carbocycles. The third-order valence-electron chi connectivity index (χ3n) is 6.64. The fourth-order valence-corrected chi connectivity index (χ4v) is 5.81. The van der Waals surface area contributed by atoms with Crippen molar-refractivity contribution >= 4 is 21.8 Å². The van der Waals surface area contributed by atoms with E-state index in [0.29, 0.717) is 6.42 Å². The van der Waals surface area contributed by atoms with E-state index in [4.69, 9.17) is 4.74 Å². The van der Waals surface area contributed by atoms with Crippen LogP contribution in [0.2, 0.25) is 0 Å². The molecular weight excluding hydrogens is 482 g/mol. The number of ether oxygens (including phenoxy) is 1. The summed E-state index contributed by atoms with van der Waals surface area (Å²) in [5.74, 6) is -2.78. The summed E-state index contributed by atoms with van der Waals surface area (Å²) in [6.45, 7) is 7.40. The highest BCUT2D eigenvalue weighted by Gasteiger charge is 2.55. The summed E-state index contributed by atoms with van der Waals surface area (Å²) < 4.78 is 59.4. The van der Waals surface area contributed by atoms with Crippen LogP contribution in [0.3, 0.4) is 0 Å². The second kappa shape index (κ2) is 9.98. The van der Waals surface area contributed by atoms with Crippen LogP contribution >= 0.6 is 0 Å². The molecule has 0 spiro atoms. The first-order valence-corrected chi connectivity index (χ1v) is 13.4. The molecule has 3 rings (SSSR count). The van der Waals surface area contributed by atoms with Crippen LogP contribution in [0, 0.1) is 17.0 Å². The Balaban J connectivity index is 1.93. The first kappa shape index (κ1) is 27.3. The Bertz CT molecular complexity index is 1080. The number of nitrogens with zero attached hydrogens (tertiary/aromatic N) is 2. The molecule has 2 aliphatic rings. The molecule has 2 aliphatic heterocycles. The van der Waals surface area contributed by atoms with Crippen molar-refractivity contribution in [2.45, 2.75) is 64.4 Å². The minimum absolute atomic E-state index is 0.0332. The number of hydrogen-bond donors (Lipinski definition) is 2. The number of halogens is 2. The van der Waals surface area contributed by atoms with Gasteiger partial charge in [0.1, 0.15) is 17.9 Å². The summed E-state index contributed by atoms with van der Waals surface area (Å²) in [6, 6.07) is 0.500. The highest BCUT2D eigenvalue weighted by atomic mass is 32.2. The van der Waals surface area contributed by atoms with Crippen molar-refractivity contribution in [1.82, 2.24) is 19.8 Å². The van der Waals surface area contributed by atoms with Crippen LogP contribution in [0.25, 0.3) is 0 Å². The number of carbonyl (C=O) groups excluding carboxylic acids is 2. The Morgan fingerprint density at radius 1 is 1.20 bits per heavy atom. The second-order valence-corrected chi connectivity index (χ2v) is 12.2. The molecule has 0 aliphatic carbocycles. The molecule has 5 unspecified atom stereocenters. The predicted molar refractivity (Wildman–Crippen MR) is 126 cm³/mol. The zero-order chi connectivity index (χ0) is 26.3. The lowest BCUT2D eigenvalue weighted by atomic mass is 9.85. The van der Waals surface area contributed by atoms with Crippen LogP contribution in [-0.4, -0.2) is 86.1 Å². The highest BCUT2D eigenvalue weighted by Crippen LogP contribution is 2.37. The fraction of sp³-hybridized carbons (Fsp3) is 0.652. The first-order valence-electron chi connectivity index (χ1n) is 11.5. The average Bonchev–Trinajstić information content (AvgIpc) is 3.33. The lowest BCUT2D eigenvalue weighted by Crippen LogP contribution is -2.59. The Morgan fingerprint density at radius 2 is 1.86 bits per heavy atom. The third kappa shape index (κ3) is 5.75. The molecular formula is C23H34F2N4O5S. The van der Waals surface area contributed by atoms with Gasteiger partial charge in [-0.3, -0.25) is 9.59 Å². The molecule has 1 aromatic rings. The number of nitrogens with one attached hydrogen (secondary N) is 2. The standard InChI is InChI=1S/C23H34F2N4O5S/c1-13(26-5)21(30)27-20(23(2,3)4)22(31)28-10-9-17-19(28)18(12-29(17)35(6,32)33)34-14-7-8-15(24)16(25)11-14/h7-8,11,13,17-20,26H,9-10,12H2,1-6H3,(H,27,30). The summed E-state index contributed by atoms with van der Waals surface area (Å²) in [5.41, 5.74) is -0.635. The minimum Gasteiger partial charge on any atom is -0.487 e. The number of likely N-dealkylation sites (tertiary alicyclic amines) is 1. The maximum atomic E-state index is 13.8. The highest BCUT2D eigenvalue weighted by molar-refractivity contribution is 7.88. The van der Waals surface area contributed by atoms with Crippen molar-refractivity contribution in [2.75, 3.05) is 26.4 Å². The second-order valence-electron chi connectivity index (χ2n) is 10.3. The van der Waals surface area contributed by atoms with Gasteiger partial charge in [0.15, 0.2) is 11.6 Å². The SMILES string of the molecule is CNC(C)C(=O)NC(C(=O)N1CCC2C1C(Oc1ccc(F)c(F)c1)CN2S(C)(=O)=O)C(C)(C)C. The maximum absolute atomic E-state index is 13.8. The maximum Gasteiger partial charge on any atom is 0.246 e. The monoisotopic (exact) mass is 516 g/mol. The zero-order valence-electron chi connectivity index (χ0n) is 20.8. The summed E-state index contributed by atoms with van der Waals surface area (Å²) in [4.78, 5) is 28.0. The number of sulfonamides is 1. The number of rotatable bonds is 7. The molecule has 0 radical (unpaired) electrons. The smallest absolute Gasteiger partial charge is 0.246 e. The van der Waals surface area contributed by atoms with Crippen LogP contribution in [0.15, 0.2) is 18.2 Å². The molecule has 2 heterocycles. The van der Waals surface area contributed by atoms with Crippen LogP contribution in [0.1, 0.15) is 34.1 Å². The number of amides is 2. The summed E-state index contributed by atoms with van der Waals surface area (Å²) in [6.07, 6.45) is 0.670. The van der Waals surface area contributed by atoms with Crippen molar-refractivity contribution in [3.05, 3.63) is 29.8 Å². The molecule has 2 saturated heterocycles. The number of likely N-dealkylation sites (N-methyl/N-ethyl adjacent to an activating group) is 1. The van der Waals surface area contributed by atoms with E-state index in [1.165, 1.54) is 10.4 Å². The fourth-order valence-electron chi connectivity index (χ4n) is 4.67. The van der Waals surface area contributed by atoms with Gasteiger partial charge in [-0.05, 0) is 37.9 Å². The van der Waals surface area contributed by atoms with Gasteiger partial charge in [0.2, 0.25) is 21.8 Å². The van der Waals surface area contributed by atoms with E-state index in [0.717, 1.165) is 18.4 Å². The van der Waals surface area contributed by atoms with Crippen molar-refractivity contribution < 1.29 is 31.5 Å². The van der Waals surface area contributed by atoms with Crippen molar-refractivity contribution in [1.29, 1.82) is 0 Å². The molecule has 2 fully saturated rings. The van der Waals surface area contributed by atoms with Gasteiger partial charge in [-0.2, -0.15) is 4.31 Å². The van der Waals surface area contributed by atoms with Gasteiger partial charge in [-0.1, -0.05) is 20.8 Å². The van der Waals surface area contributed by atoms with Crippen molar-refractivity contribution in [2.24, 2.45) is 5.41 Å². The number of hydrogen-bond acceptors (Lipinski definition) is 6. The number of fused-ring (bicyclic) bond motifs is 1. The van der Waals surface area contributed by atoms with Gasteiger partial charge in [-0.15, -0.1) is 0 Å². The van der Waals surface area contributed by atoms with E-state index in [1.54, 1.807) is 18.9 Å². The van der Waals surface area contributed by atoms with Crippen LogP contribution in [0.4, 0.5) is 8.78 Å². The number of carbonyl (C=O) groups is 2. The predicted octanol–water partition coefficient (Wildman–Crippen LogP) is 1.10. The van der Waals surface area contributed by atoms with E-state index in [9.17, 15) is 26.8 Å². The van der Waals surface area contributed by atoms with E-state index < -0.39 is 57.3 Å². The summed E-state index contributed by atoms with van der Waals surface area (Å²) >= 11 is 0. The van der Waals surface area contributed by atoms with Crippen LogP contribution in [0.5, 0.6) is 5.75 Å². The van der Waals surface area contributed by atoms with Crippen LogP contribution < -0.4 is 15.4 Å². The molecule has 196 valence electrons. The summed E-state index contributed by atoms with van der Waals surface area (Å²) in [5, 5.41) is 5.67. The molecule has 12 heteroatoms. The van der Waals surface area contributed by atoms with E-state index in [1.807, 2.05) is 20.8 Å². The first-order chi connectivity index (χ1) is 16.1. The minimum atomic E-state index is -3.62. The van der Waals surface area contributed by atoms with Gasteiger partial charge >= 0.3 is 0 Å². The Morgan fingerprint density at radius 3 is 2.40 bits per heavy atom. The molecule has 2 N–H and O–H groups in total. The molecule has 35 heavy (non-hydrogen) atoms. The molecule has 2 amide bonds. The van der Waals surface area contributed by atoms with Crippen molar-refractivity contribution in [3.8, 4) is 5.75 Å². The van der Waals surface area contributed by atoms with E-state index in [2.05, 4.69) is 10.6 Å². The van der Waals surface area contributed by atoms with Gasteiger partial charge in [0, 0.05) is 12.6 Å². The van der Waals surface area contributed by atoms with Crippen molar-refractivity contribution in [3.63, 3.8) is 0 Å². The largest absolute Gasteiger partial charge is 0.487 e. The average molecular weight is 517 g/mol. The molecule has 9 nitrogen and oxygen atoms in total. The van der Waals surface area contributed by atoms with E-state index >= 15 is 0 Å². The third-order valence-corrected chi connectivity index (χ3v) is 7.92. The lowest BCUT2D eigenvalue weighted by Gasteiger charge is -2.37. The molecule has 0 bridgehead atoms. The van der Waals surface area contributed by atoms with Gasteiger partial charge in [0.05, 0.1) is 30.9 Å². The van der Waals surface area contributed by atoms with E-state index in [-0.39, 0.29) is 30.7 Å². The number of benzene rings is 1. The zero-order valence-corrected chi connectivity index (χ0v) is 21.7. The van der Waals surface area contributed by atoms with Crippen LogP contribution in [-0.2, 0) is 19.6 Å². The van der Waals surface area contributed by atoms with Gasteiger partial charge in [-0.25, -0.2) is 17.2 Å². The summed E-state index contributed by atoms with van der Waals surface area (Å²) in [7, 11) is -1.98. The lowest BCUT2D eigenvalue weighted by molar-refractivity contribution is -0.141. The quantitative estimate of drug-likeness (QED) is 0.562. The normalized spacial score (nSPS) is 24.7. The topological polar surface area (TPSA) is 108 Å². The van der Waals surface area contributed by atoms with Gasteiger partial charge in [0.25, 0.3) is 0 Å². The molecule has 5 atom stereocenters. The Labute approximate surface area is 205 Å². The molecule has 0 saturated carbocycles.